The number of aliphatic hydroxyl groups excluding tert-OH is 1. The number of aliphatic hydroxyl groups is 1. The number of amides is 1. The van der Waals surface area contributed by atoms with E-state index in [1.807, 2.05) is 32.0 Å². The molecule has 0 aliphatic heterocycles. The van der Waals surface area contributed by atoms with Gasteiger partial charge in [-0.15, -0.1) is 0 Å². The number of halogens is 2. The maximum atomic E-state index is 13.9. The molecule has 234 valence electrons. The van der Waals surface area contributed by atoms with Gasteiger partial charge in [-0.05, 0) is 72.7 Å². The highest BCUT2D eigenvalue weighted by Gasteiger charge is 2.25. The Bertz CT molecular complexity index is 1430. The smallest absolute Gasteiger partial charge is 0.251 e. The number of carbonyl (C=O) groups excluding carboxylic acids is 1. The number of hydrogen-bond donors (Lipinski definition) is 4. The summed E-state index contributed by atoms with van der Waals surface area (Å²) >= 11 is 0. The second-order valence-corrected chi connectivity index (χ2v) is 12.8. The summed E-state index contributed by atoms with van der Waals surface area (Å²) in [5, 5.41) is 16.5. The topological polar surface area (TPSA) is 108 Å². The second-order valence-electron chi connectivity index (χ2n) is 10.9. The van der Waals surface area contributed by atoms with Crippen LogP contribution in [0.5, 0.6) is 0 Å². The minimum Gasteiger partial charge on any atom is -0.390 e. The molecule has 0 aliphatic carbocycles. The third-order valence-electron chi connectivity index (χ3n) is 7.29. The van der Waals surface area contributed by atoms with Gasteiger partial charge in [0.25, 0.3) is 5.91 Å². The molecule has 10 heteroatoms. The van der Waals surface area contributed by atoms with Crippen molar-refractivity contribution in [2.45, 2.75) is 83.2 Å². The molecule has 0 heterocycles. The molecule has 3 rings (SSSR count). The van der Waals surface area contributed by atoms with E-state index in [0.29, 0.717) is 19.4 Å². The van der Waals surface area contributed by atoms with Gasteiger partial charge in [-0.2, -0.15) is 0 Å². The van der Waals surface area contributed by atoms with E-state index in [1.54, 1.807) is 12.1 Å². The maximum absolute atomic E-state index is 13.9. The molecular formula is C33H43F2N3O4S. The Morgan fingerprint density at radius 2 is 1.51 bits per heavy atom. The van der Waals surface area contributed by atoms with Crippen molar-refractivity contribution in [2.24, 2.45) is 0 Å². The van der Waals surface area contributed by atoms with Gasteiger partial charge in [-0.25, -0.2) is 17.2 Å². The predicted molar refractivity (Wildman–Crippen MR) is 167 cm³/mol. The molecule has 0 aliphatic rings. The highest BCUT2D eigenvalue weighted by Crippen LogP contribution is 2.20. The highest BCUT2D eigenvalue weighted by molar-refractivity contribution is 7.93. The van der Waals surface area contributed by atoms with Crippen molar-refractivity contribution in [3.8, 4) is 0 Å². The van der Waals surface area contributed by atoms with E-state index in [2.05, 4.69) is 28.3 Å². The summed E-state index contributed by atoms with van der Waals surface area (Å²) in [7, 11) is -3.67. The number of benzene rings is 3. The molecule has 0 radical (unpaired) electrons. The molecule has 4 N–H and O–H groups in total. The summed E-state index contributed by atoms with van der Waals surface area (Å²) in [6.07, 6.45) is 2.28. The van der Waals surface area contributed by atoms with Crippen molar-refractivity contribution in [1.82, 2.24) is 10.6 Å². The van der Waals surface area contributed by atoms with Crippen molar-refractivity contribution in [1.29, 1.82) is 0 Å². The summed E-state index contributed by atoms with van der Waals surface area (Å²) in [4.78, 5) is 13.3. The molecule has 0 fully saturated rings. The molecule has 2 atom stereocenters. The Kier molecular flexibility index (Phi) is 13.1. The lowest BCUT2D eigenvalue weighted by atomic mass is 10.00. The molecule has 0 unspecified atom stereocenters. The lowest BCUT2D eigenvalue weighted by molar-refractivity contribution is 0.0830. The minimum atomic E-state index is -3.67. The fraction of sp³-hybridized carbons (Fsp3) is 0.424. The zero-order chi connectivity index (χ0) is 31.4. The maximum Gasteiger partial charge on any atom is 0.251 e. The zero-order valence-corrected chi connectivity index (χ0v) is 25.9. The molecule has 7 nitrogen and oxygen atoms in total. The van der Waals surface area contributed by atoms with Crippen LogP contribution in [0.15, 0.2) is 66.7 Å². The minimum absolute atomic E-state index is 0.0311. The highest BCUT2D eigenvalue weighted by atomic mass is 32.2. The van der Waals surface area contributed by atoms with Crippen LogP contribution in [0, 0.1) is 11.6 Å². The second kappa shape index (κ2) is 16.5. The van der Waals surface area contributed by atoms with Gasteiger partial charge in [-0.3, -0.25) is 9.52 Å². The van der Waals surface area contributed by atoms with Crippen LogP contribution in [0.3, 0.4) is 0 Å². The SMILES string of the molecule is CCCC(CCC)S(=O)(=O)Nc1cccc(C(=O)N[C@@H](Cc2cc(F)cc(F)c2)[C@H](O)CNCc2cccc(CC)c2)c1. The monoisotopic (exact) mass is 615 g/mol. The van der Waals surface area contributed by atoms with Crippen LogP contribution >= 0.6 is 0 Å². The lowest BCUT2D eigenvalue weighted by Gasteiger charge is -2.25. The summed E-state index contributed by atoms with van der Waals surface area (Å²) in [5.41, 5.74) is 2.93. The third kappa shape index (κ3) is 10.7. The number of anilines is 1. The summed E-state index contributed by atoms with van der Waals surface area (Å²) < 4.78 is 56.5. The van der Waals surface area contributed by atoms with E-state index in [9.17, 15) is 27.1 Å². The molecule has 0 bridgehead atoms. The number of aryl methyl sites for hydroxylation is 1. The quantitative estimate of drug-likeness (QED) is 0.155. The summed E-state index contributed by atoms with van der Waals surface area (Å²) in [6, 6.07) is 16.4. The normalized spacial score (nSPS) is 13.1. The Morgan fingerprint density at radius 3 is 2.16 bits per heavy atom. The molecule has 43 heavy (non-hydrogen) atoms. The van der Waals surface area contributed by atoms with E-state index < -0.39 is 45.0 Å². The van der Waals surface area contributed by atoms with Gasteiger partial charge in [0.05, 0.1) is 17.4 Å². The van der Waals surface area contributed by atoms with Gasteiger partial charge in [0.1, 0.15) is 11.6 Å². The first-order valence-electron chi connectivity index (χ1n) is 14.9. The molecule has 0 saturated carbocycles. The number of carbonyl (C=O) groups is 1. The zero-order valence-electron chi connectivity index (χ0n) is 25.1. The van der Waals surface area contributed by atoms with Gasteiger partial charge in [0.15, 0.2) is 0 Å². The van der Waals surface area contributed by atoms with Crippen molar-refractivity contribution >= 4 is 21.6 Å². The fourth-order valence-corrected chi connectivity index (χ4v) is 6.77. The van der Waals surface area contributed by atoms with E-state index in [4.69, 9.17) is 0 Å². The van der Waals surface area contributed by atoms with Gasteiger partial charge in [0.2, 0.25) is 10.0 Å². The first kappa shape index (κ1) is 34.2. The number of sulfonamides is 1. The molecule has 3 aromatic carbocycles. The van der Waals surface area contributed by atoms with Gasteiger partial charge in [0, 0.05) is 30.4 Å². The number of rotatable bonds is 17. The molecule has 0 spiro atoms. The van der Waals surface area contributed by atoms with Gasteiger partial charge < -0.3 is 15.7 Å². The number of nitrogens with one attached hydrogen (secondary N) is 3. The van der Waals surface area contributed by atoms with Crippen LogP contribution in [0.2, 0.25) is 0 Å². The Labute approximate surface area is 254 Å². The van der Waals surface area contributed by atoms with Crippen molar-refractivity contribution in [3.05, 3.63) is 101 Å². The van der Waals surface area contributed by atoms with Crippen molar-refractivity contribution < 1.29 is 27.1 Å². The van der Waals surface area contributed by atoms with Gasteiger partial charge >= 0.3 is 0 Å². The van der Waals surface area contributed by atoms with Crippen molar-refractivity contribution in [3.63, 3.8) is 0 Å². The van der Waals surface area contributed by atoms with Crippen LogP contribution in [0.25, 0.3) is 0 Å². The van der Waals surface area contributed by atoms with E-state index in [0.717, 1.165) is 43.0 Å². The fourth-order valence-electron chi connectivity index (χ4n) is 5.05. The molecule has 3 aromatic rings. The Morgan fingerprint density at radius 1 is 0.860 bits per heavy atom. The molecule has 1 amide bonds. The van der Waals surface area contributed by atoms with E-state index >= 15 is 0 Å². The van der Waals surface area contributed by atoms with E-state index in [-0.39, 0.29) is 29.8 Å². The van der Waals surface area contributed by atoms with Gasteiger partial charge in [-0.1, -0.05) is 63.9 Å². The summed E-state index contributed by atoms with van der Waals surface area (Å²) in [6.45, 7) is 6.53. The predicted octanol–water partition coefficient (Wildman–Crippen LogP) is 5.73. The average molecular weight is 616 g/mol. The lowest BCUT2D eigenvalue weighted by Crippen LogP contribution is -2.48. The molecular weight excluding hydrogens is 572 g/mol. The Balaban J connectivity index is 1.76. The number of hydrogen-bond acceptors (Lipinski definition) is 5. The van der Waals surface area contributed by atoms with Crippen LogP contribution in [-0.2, 0) is 29.4 Å². The van der Waals surface area contributed by atoms with E-state index in [1.165, 1.54) is 17.7 Å². The first-order valence-corrected chi connectivity index (χ1v) is 16.4. The standard InChI is InChI=1S/C33H43F2N3O4S/c1-4-9-30(10-5-2)43(41,42)38-29-14-8-13-26(19-29)33(40)37-31(18-25-16-27(34)20-28(35)17-25)32(39)22-36-21-24-12-7-11-23(6-3)15-24/h7-8,11-17,19-20,30-32,36,38-39H,4-6,9-10,18,21-22H2,1-3H3,(H,37,40)/t31-,32+/m0/s1. The van der Waals surface area contributed by atoms with Crippen LogP contribution in [-0.4, -0.2) is 43.4 Å². The summed E-state index contributed by atoms with van der Waals surface area (Å²) in [5.74, 6) is -2.07. The van der Waals surface area contributed by atoms with Crippen molar-refractivity contribution in [2.75, 3.05) is 11.3 Å². The van der Waals surface area contributed by atoms with Crippen LogP contribution in [0.4, 0.5) is 14.5 Å². The largest absolute Gasteiger partial charge is 0.390 e. The first-order chi connectivity index (χ1) is 20.5. The van der Waals surface area contributed by atoms with Crippen LogP contribution < -0.4 is 15.4 Å². The molecule has 0 saturated heterocycles. The molecule has 0 aromatic heterocycles. The third-order valence-corrected chi connectivity index (χ3v) is 9.16. The Hall–Kier alpha value is -3.34. The average Bonchev–Trinajstić information content (AvgIpc) is 2.96. The van der Waals surface area contributed by atoms with Crippen LogP contribution in [0.1, 0.15) is 73.5 Å².